The van der Waals surface area contributed by atoms with Crippen LogP contribution in [0.1, 0.15) is 32.6 Å². The maximum absolute atomic E-state index is 12.8. The van der Waals surface area contributed by atoms with Gasteiger partial charge in [0.15, 0.2) is 5.96 Å². The molecule has 0 aromatic heterocycles. The van der Waals surface area contributed by atoms with Gasteiger partial charge < -0.3 is 49.1 Å². The van der Waals surface area contributed by atoms with Gasteiger partial charge in [-0.25, -0.2) is 4.79 Å². The first-order chi connectivity index (χ1) is 16.3. The first kappa shape index (κ1) is 31.9. The molecule has 200 valence electrons. The second kappa shape index (κ2) is 16.5. The largest absolute Gasteiger partial charge is 0.480 e. The van der Waals surface area contributed by atoms with E-state index in [0.717, 1.165) is 0 Å². The Kier molecular flexibility index (Phi) is 15.0. The van der Waals surface area contributed by atoms with Crippen molar-refractivity contribution in [2.75, 3.05) is 18.6 Å². The zero-order chi connectivity index (χ0) is 27.1. The number of aliphatic imine (C=N–C) groups is 1. The number of guanidine groups is 1. The third-order valence-corrected chi connectivity index (χ3v) is 5.27. The van der Waals surface area contributed by atoms with Gasteiger partial charge in [-0.05, 0) is 38.2 Å². The number of rotatable bonds is 17. The second-order valence-corrected chi connectivity index (χ2v) is 8.68. The van der Waals surface area contributed by atoms with Crippen molar-refractivity contribution in [3.8, 4) is 0 Å². The van der Waals surface area contributed by atoms with E-state index in [-0.39, 0.29) is 25.3 Å². The van der Waals surface area contributed by atoms with Gasteiger partial charge in [0.05, 0.1) is 18.6 Å². The standard InChI is InChI=1S/C19H36N8O7S/c1-9(28)14(27-15(30)10(20)5-7-35-2)17(32)25-11(4-3-6-24-19(22)23)16(31)26-12(18(33)34)8-13(21)29/h9-12,14,28H,3-8,20H2,1-2H3,(H2,21,29)(H,25,32)(H,26,31)(H,27,30)(H,33,34)(H4,22,23,24). The number of aliphatic hydroxyl groups is 1. The molecule has 0 rings (SSSR count). The van der Waals surface area contributed by atoms with E-state index in [0.29, 0.717) is 12.2 Å². The van der Waals surface area contributed by atoms with E-state index < -0.39 is 66.3 Å². The summed E-state index contributed by atoms with van der Waals surface area (Å²) in [7, 11) is 0. The highest BCUT2D eigenvalue weighted by Crippen LogP contribution is 2.05. The van der Waals surface area contributed by atoms with E-state index in [4.69, 9.17) is 22.9 Å². The van der Waals surface area contributed by atoms with Crippen LogP contribution >= 0.6 is 11.8 Å². The highest BCUT2D eigenvalue weighted by Gasteiger charge is 2.32. The van der Waals surface area contributed by atoms with Crippen molar-refractivity contribution in [3.05, 3.63) is 0 Å². The van der Waals surface area contributed by atoms with Crippen LogP contribution in [0.2, 0.25) is 0 Å². The molecule has 0 fully saturated rings. The Morgan fingerprint density at radius 2 is 1.54 bits per heavy atom. The fourth-order valence-electron chi connectivity index (χ4n) is 2.75. The fourth-order valence-corrected chi connectivity index (χ4v) is 3.24. The normalized spacial score (nSPS) is 15.0. The number of primary amides is 1. The molecule has 35 heavy (non-hydrogen) atoms. The third kappa shape index (κ3) is 13.4. The monoisotopic (exact) mass is 520 g/mol. The Morgan fingerprint density at radius 3 is 2.03 bits per heavy atom. The Balaban J connectivity index is 5.54. The molecule has 0 aromatic rings. The van der Waals surface area contributed by atoms with Crippen LogP contribution in [-0.2, 0) is 24.0 Å². The smallest absolute Gasteiger partial charge is 0.326 e. The number of thioether (sulfide) groups is 1. The molecule has 0 saturated heterocycles. The number of nitrogens with two attached hydrogens (primary N) is 4. The number of nitrogens with zero attached hydrogens (tertiary/aromatic N) is 1. The molecule has 0 heterocycles. The molecule has 0 aliphatic heterocycles. The van der Waals surface area contributed by atoms with Crippen LogP contribution in [0.4, 0.5) is 0 Å². The Hall–Kier alpha value is -3.11. The zero-order valence-electron chi connectivity index (χ0n) is 19.7. The maximum Gasteiger partial charge on any atom is 0.326 e. The van der Waals surface area contributed by atoms with Gasteiger partial charge in [0.25, 0.3) is 0 Å². The molecule has 0 aromatic carbocycles. The lowest BCUT2D eigenvalue weighted by Crippen LogP contribution is -2.60. The van der Waals surface area contributed by atoms with Gasteiger partial charge in [-0.1, -0.05) is 0 Å². The van der Waals surface area contributed by atoms with E-state index in [1.165, 1.54) is 18.7 Å². The zero-order valence-corrected chi connectivity index (χ0v) is 20.5. The number of hydrogen-bond acceptors (Lipinski definition) is 9. The number of carboxylic acids is 1. The van der Waals surface area contributed by atoms with Crippen LogP contribution < -0.4 is 38.9 Å². The first-order valence-electron chi connectivity index (χ1n) is 10.7. The van der Waals surface area contributed by atoms with E-state index in [1.54, 1.807) is 0 Å². The van der Waals surface area contributed by atoms with Crippen molar-refractivity contribution in [2.24, 2.45) is 27.9 Å². The topological polar surface area (TPSA) is 278 Å². The highest BCUT2D eigenvalue weighted by molar-refractivity contribution is 7.98. The molecule has 0 aliphatic rings. The summed E-state index contributed by atoms with van der Waals surface area (Å²) in [5, 5.41) is 26.2. The summed E-state index contributed by atoms with van der Waals surface area (Å²) in [6, 6.07) is -5.30. The number of carboxylic acid groups (broad SMARTS) is 1. The molecule has 0 saturated carbocycles. The molecule has 0 radical (unpaired) electrons. The minimum Gasteiger partial charge on any atom is -0.480 e. The van der Waals surface area contributed by atoms with Crippen LogP contribution in [0.15, 0.2) is 4.99 Å². The van der Waals surface area contributed by atoms with Gasteiger partial charge in [-0.2, -0.15) is 11.8 Å². The van der Waals surface area contributed by atoms with Crippen LogP contribution in [0.25, 0.3) is 0 Å². The lowest BCUT2D eigenvalue weighted by molar-refractivity contribution is -0.144. The Morgan fingerprint density at radius 1 is 0.943 bits per heavy atom. The number of aliphatic hydroxyl groups excluding tert-OH is 1. The average molecular weight is 521 g/mol. The molecule has 0 aliphatic carbocycles. The minimum absolute atomic E-state index is 0.0367. The van der Waals surface area contributed by atoms with Crippen LogP contribution in [0, 0.1) is 0 Å². The summed E-state index contributed by atoms with van der Waals surface area (Å²) < 4.78 is 0. The summed E-state index contributed by atoms with van der Waals surface area (Å²) >= 11 is 1.48. The summed E-state index contributed by atoms with van der Waals surface area (Å²) in [5.74, 6) is -4.54. The number of carbonyl (C=O) groups is 5. The summed E-state index contributed by atoms with van der Waals surface area (Å²) in [5.41, 5.74) is 21.3. The van der Waals surface area contributed by atoms with E-state index in [9.17, 15) is 34.2 Å². The number of amides is 4. The number of aliphatic carboxylic acids is 1. The third-order valence-electron chi connectivity index (χ3n) is 4.63. The van der Waals surface area contributed by atoms with Crippen molar-refractivity contribution in [1.29, 1.82) is 0 Å². The van der Waals surface area contributed by atoms with Crippen LogP contribution in [-0.4, -0.2) is 94.6 Å². The molecule has 15 nitrogen and oxygen atoms in total. The molecule has 0 bridgehead atoms. The van der Waals surface area contributed by atoms with Crippen LogP contribution in [0.3, 0.4) is 0 Å². The van der Waals surface area contributed by atoms with Crippen molar-refractivity contribution in [1.82, 2.24) is 16.0 Å². The Labute approximate surface area is 207 Å². The van der Waals surface area contributed by atoms with Crippen molar-refractivity contribution >= 4 is 47.3 Å². The van der Waals surface area contributed by atoms with Gasteiger partial charge in [-0.15, -0.1) is 0 Å². The molecule has 5 unspecified atom stereocenters. The molecular formula is C19H36N8O7S. The van der Waals surface area contributed by atoms with Crippen molar-refractivity contribution in [3.63, 3.8) is 0 Å². The average Bonchev–Trinajstić information content (AvgIpc) is 2.75. The SMILES string of the molecule is CSCCC(N)C(=O)NC(C(=O)NC(CCCN=C(N)N)C(=O)NC(CC(N)=O)C(=O)O)C(C)O. The van der Waals surface area contributed by atoms with E-state index >= 15 is 0 Å². The molecular weight excluding hydrogens is 484 g/mol. The van der Waals surface area contributed by atoms with E-state index in [2.05, 4.69) is 20.9 Å². The maximum atomic E-state index is 12.8. The second-order valence-electron chi connectivity index (χ2n) is 7.69. The van der Waals surface area contributed by atoms with Gasteiger partial charge in [-0.3, -0.25) is 24.2 Å². The molecule has 16 heteroatoms. The number of nitrogens with one attached hydrogen (secondary N) is 3. The molecule has 5 atom stereocenters. The summed E-state index contributed by atoms with van der Waals surface area (Å²) in [6.07, 6.45) is 0.329. The van der Waals surface area contributed by atoms with Crippen molar-refractivity contribution in [2.45, 2.75) is 62.9 Å². The highest BCUT2D eigenvalue weighted by atomic mass is 32.2. The van der Waals surface area contributed by atoms with Gasteiger partial charge in [0, 0.05) is 6.54 Å². The molecule has 4 amide bonds. The van der Waals surface area contributed by atoms with Gasteiger partial charge >= 0.3 is 5.97 Å². The lowest BCUT2D eigenvalue weighted by atomic mass is 10.1. The lowest BCUT2D eigenvalue weighted by Gasteiger charge is -2.26. The molecule has 13 N–H and O–H groups in total. The first-order valence-corrected chi connectivity index (χ1v) is 12.1. The summed E-state index contributed by atoms with van der Waals surface area (Å²) in [4.78, 5) is 64.2. The predicted octanol–water partition coefficient (Wildman–Crippen LogP) is -4.08. The number of hydrogen-bond donors (Lipinski definition) is 9. The minimum atomic E-state index is -1.63. The predicted molar refractivity (Wildman–Crippen MR) is 130 cm³/mol. The Bertz CT molecular complexity index is 776. The van der Waals surface area contributed by atoms with Gasteiger partial charge in [0.1, 0.15) is 18.1 Å². The number of carbonyl (C=O) groups excluding carboxylic acids is 4. The quantitative estimate of drug-likeness (QED) is 0.0505. The van der Waals surface area contributed by atoms with Crippen molar-refractivity contribution < 1.29 is 34.2 Å². The molecule has 0 spiro atoms. The van der Waals surface area contributed by atoms with Crippen LogP contribution in [0.5, 0.6) is 0 Å². The fraction of sp³-hybridized carbons (Fsp3) is 0.684. The summed E-state index contributed by atoms with van der Waals surface area (Å²) in [6.45, 7) is 1.37. The van der Waals surface area contributed by atoms with Gasteiger partial charge in [0.2, 0.25) is 23.6 Å². The van der Waals surface area contributed by atoms with E-state index in [1.807, 2.05) is 6.26 Å².